The van der Waals surface area contributed by atoms with Gasteiger partial charge in [0.2, 0.25) is 0 Å². The first-order valence-corrected chi connectivity index (χ1v) is 13.5. The molecule has 41 heavy (non-hydrogen) atoms. The minimum absolute atomic E-state index is 0.0299. The number of anilines is 3. The predicted octanol–water partition coefficient (Wildman–Crippen LogP) is 11.3. The van der Waals surface area contributed by atoms with Crippen LogP contribution >= 0.6 is 0 Å². The molecule has 0 spiro atoms. The van der Waals surface area contributed by atoms with Crippen LogP contribution in [0.4, 0.5) is 17.1 Å². The Labute approximate surface area is 250 Å². The van der Waals surface area contributed by atoms with Crippen LogP contribution in [-0.2, 0) is 0 Å². The largest absolute Gasteiger partial charge is 0.311 e. The molecular weight excluding hydrogens is 494 g/mol. The lowest BCUT2D eigenvalue weighted by molar-refractivity contribution is 1.28. The summed E-state index contributed by atoms with van der Waals surface area (Å²) in [4.78, 5) is 2.16. The zero-order valence-electron chi connectivity index (χ0n) is 28.2. The molecule has 7 aromatic carbocycles. The molecule has 0 fully saturated rings. The average molecular weight is 530 g/mol. The summed E-state index contributed by atoms with van der Waals surface area (Å²) in [5.41, 5.74) is 7.39. The fourth-order valence-electron chi connectivity index (χ4n) is 5.15. The van der Waals surface area contributed by atoms with E-state index in [-0.39, 0.29) is 34.9 Å². The number of nitrogens with zero attached hydrogens (tertiary/aromatic N) is 1. The van der Waals surface area contributed by atoms with Gasteiger partial charge in [0.15, 0.2) is 0 Å². The fraction of sp³-hybridized carbons (Fsp3) is 0. The standard InChI is InChI=1S/C40H29N/c1-4-12-30(13-5-1)31-20-24-37(25-21-31)41(36-18-8-3-9-19-36)38-26-22-33(23-27-38)40-29-35-17-11-10-16-34(35)28-39(40)32-14-6-2-7-15-32/h1-29H/i10D,11D,16D,17D,28D,29D. The highest BCUT2D eigenvalue weighted by Gasteiger charge is 2.14. The van der Waals surface area contributed by atoms with Gasteiger partial charge >= 0.3 is 0 Å². The van der Waals surface area contributed by atoms with Gasteiger partial charge in [-0.25, -0.2) is 0 Å². The molecule has 0 N–H and O–H groups in total. The number of rotatable bonds is 6. The molecule has 0 amide bonds. The maximum Gasteiger partial charge on any atom is 0.0636 e. The SMILES string of the molecule is [2H]c1c([2H])c([2H])c2c([2H])c(-c3ccc(N(c4ccccc4)c4ccc(-c5ccccc5)cc4)cc3)c(-c3ccccc3)c([2H])c2c1[2H]. The maximum absolute atomic E-state index is 9.33. The lowest BCUT2D eigenvalue weighted by Crippen LogP contribution is -2.09. The lowest BCUT2D eigenvalue weighted by Gasteiger charge is -2.26. The van der Waals surface area contributed by atoms with Gasteiger partial charge in [-0.1, -0.05) is 127 Å². The lowest BCUT2D eigenvalue weighted by atomic mass is 9.91. The highest BCUT2D eigenvalue weighted by Crippen LogP contribution is 2.39. The van der Waals surface area contributed by atoms with Crippen LogP contribution < -0.4 is 4.90 Å². The van der Waals surface area contributed by atoms with Crippen molar-refractivity contribution in [3.8, 4) is 33.4 Å². The summed E-state index contributed by atoms with van der Waals surface area (Å²) in [5, 5.41) is 0.0959. The Bertz CT molecular complexity index is 2220. The smallest absolute Gasteiger partial charge is 0.0636 e. The molecule has 0 atom stereocenters. The van der Waals surface area contributed by atoms with Gasteiger partial charge in [-0.05, 0) is 92.6 Å². The van der Waals surface area contributed by atoms with E-state index in [1.165, 1.54) is 0 Å². The molecule has 0 bridgehead atoms. The molecule has 7 aromatic rings. The zero-order valence-corrected chi connectivity index (χ0v) is 22.2. The van der Waals surface area contributed by atoms with E-state index < -0.39 is 12.1 Å². The summed E-state index contributed by atoms with van der Waals surface area (Å²) in [6.07, 6.45) is 0. The van der Waals surface area contributed by atoms with Crippen molar-refractivity contribution in [2.45, 2.75) is 0 Å². The van der Waals surface area contributed by atoms with Gasteiger partial charge in [0, 0.05) is 17.1 Å². The number of para-hydroxylation sites is 1. The molecule has 0 aliphatic carbocycles. The molecule has 0 aromatic heterocycles. The van der Waals surface area contributed by atoms with Crippen molar-refractivity contribution in [2.24, 2.45) is 0 Å². The van der Waals surface area contributed by atoms with Crippen LogP contribution in [-0.4, -0.2) is 0 Å². The molecule has 194 valence electrons. The summed E-state index contributed by atoms with van der Waals surface area (Å²) >= 11 is 0. The van der Waals surface area contributed by atoms with Crippen molar-refractivity contribution >= 4 is 27.8 Å². The third-order valence-electron chi connectivity index (χ3n) is 7.16. The molecule has 0 saturated heterocycles. The van der Waals surface area contributed by atoms with Crippen molar-refractivity contribution in [1.29, 1.82) is 0 Å². The van der Waals surface area contributed by atoms with Gasteiger partial charge in [-0.3, -0.25) is 0 Å². The van der Waals surface area contributed by atoms with Gasteiger partial charge in [-0.2, -0.15) is 0 Å². The second-order valence-corrected chi connectivity index (χ2v) is 9.75. The van der Waals surface area contributed by atoms with E-state index in [4.69, 9.17) is 5.48 Å². The minimum atomic E-state index is -0.416. The van der Waals surface area contributed by atoms with Crippen LogP contribution in [0.2, 0.25) is 0 Å². The predicted molar refractivity (Wildman–Crippen MR) is 175 cm³/mol. The Kier molecular flexibility index (Phi) is 5.05. The highest BCUT2D eigenvalue weighted by atomic mass is 15.1. The Morgan fingerprint density at radius 1 is 0.366 bits per heavy atom. The number of benzene rings is 7. The van der Waals surface area contributed by atoms with E-state index >= 15 is 0 Å². The summed E-state index contributed by atoms with van der Waals surface area (Å²) in [6.45, 7) is 0. The Morgan fingerprint density at radius 2 is 0.732 bits per heavy atom. The van der Waals surface area contributed by atoms with Gasteiger partial charge < -0.3 is 4.90 Å². The molecule has 0 aliphatic rings. The van der Waals surface area contributed by atoms with E-state index in [1.807, 2.05) is 91.0 Å². The van der Waals surface area contributed by atoms with E-state index in [1.54, 1.807) is 0 Å². The van der Waals surface area contributed by atoms with Crippen molar-refractivity contribution < 1.29 is 8.22 Å². The molecule has 1 heteroatoms. The van der Waals surface area contributed by atoms with Crippen LogP contribution in [0.25, 0.3) is 44.2 Å². The summed E-state index contributed by atoms with van der Waals surface area (Å²) < 4.78 is 52.3. The van der Waals surface area contributed by atoms with E-state index in [9.17, 15) is 2.74 Å². The molecule has 0 heterocycles. The first-order valence-electron chi connectivity index (χ1n) is 16.5. The normalized spacial score (nSPS) is 13.0. The maximum atomic E-state index is 9.33. The Balaban J connectivity index is 1.40. The molecule has 0 unspecified atom stereocenters. The second kappa shape index (κ2) is 11.0. The second-order valence-electron chi connectivity index (χ2n) is 9.75. The molecule has 0 radical (unpaired) electrons. The zero-order chi connectivity index (χ0) is 32.7. The number of fused-ring (bicyclic) bond motifs is 1. The first kappa shape index (κ1) is 18.8. The third kappa shape index (κ3) is 5.02. The van der Waals surface area contributed by atoms with E-state index in [2.05, 4.69) is 53.4 Å². The Morgan fingerprint density at radius 3 is 1.24 bits per heavy atom. The molecule has 0 saturated carbocycles. The quantitative estimate of drug-likeness (QED) is 0.207. The monoisotopic (exact) mass is 529 g/mol. The van der Waals surface area contributed by atoms with Gasteiger partial charge in [0.25, 0.3) is 0 Å². The summed E-state index contributed by atoms with van der Waals surface area (Å²) in [5.74, 6) is 0. The minimum Gasteiger partial charge on any atom is -0.311 e. The summed E-state index contributed by atoms with van der Waals surface area (Å²) in [7, 11) is 0. The molecule has 0 aliphatic heterocycles. The first-order chi connectivity index (χ1) is 22.8. The average Bonchev–Trinajstić information content (AvgIpc) is 3.12. The van der Waals surface area contributed by atoms with Crippen LogP contribution in [0.15, 0.2) is 176 Å². The van der Waals surface area contributed by atoms with Crippen molar-refractivity contribution in [1.82, 2.24) is 0 Å². The summed E-state index contributed by atoms with van der Waals surface area (Å²) in [6, 6.07) is 44.3. The van der Waals surface area contributed by atoms with Crippen LogP contribution in [0.3, 0.4) is 0 Å². The number of hydrogen-bond acceptors (Lipinski definition) is 1. The molecule has 7 rings (SSSR count). The molecular formula is C40H29N. The Hall–Kier alpha value is -5.40. The van der Waals surface area contributed by atoms with E-state index in [0.717, 1.165) is 28.2 Å². The van der Waals surface area contributed by atoms with Crippen molar-refractivity contribution in [3.63, 3.8) is 0 Å². The van der Waals surface area contributed by atoms with Crippen molar-refractivity contribution in [2.75, 3.05) is 4.90 Å². The third-order valence-corrected chi connectivity index (χ3v) is 7.16. The van der Waals surface area contributed by atoms with Gasteiger partial charge in [0.05, 0.1) is 8.22 Å². The highest BCUT2D eigenvalue weighted by molar-refractivity contribution is 5.96. The van der Waals surface area contributed by atoms with Gasteiger partial charge in [0.1, 0.15) is 0 Å². The van der Waals surface area contributed by atoms with Crippen LogP contribution in [0.1, 0.15) is 8.22 Å². The fourth-order valence-corrected chi connectivity index (χ4v) is 5.15. The number of hydrogen-bond donors (Lipinski definition) is 0. The van der Waals surface area contributed by atoms with Crippen molar-refractivity contribution in [3.05, 3.63) is 176 Å². The van der Waals surface area contributed by atoms with Crippen LogP contribution in [0.5, 0.6) is 0 Å². The van der Waals surface area contributed by atoms with Gasteiger partial charge in [-0.15, -0.1) is 0 Å². The van der Waals surface area contributed by atoms with E-state index in [0.29, 0.717) is 22.3 Å². The van der Waals surface area contributed by atoms with Crippen LogP contribution in [0, 0.1) is 0 Å². The topological polar surface area (TPSA) is 3.24 Å². The molecule has 1 nitrogen and oxygen atoms in total.